The number of rotatable bonds is 16. The van der Waals surface area contributed by atoms with Crippen molar-refractivity contribution in [1.82, 2.24) is 20.3 Å². The Hall–Kier alpha value is -6.65. The third-order valence-electron chi connectivity index (χ3n) is 12.5. The average Bonchev–Trinajstić information content (AvgIpc) is 1.65. The first-order chi connectivity index (χ1) is 40.5. The van der Waals surface area contributed by atoms with Crippen molar-refractivity contribution < 1.29 is 66.8 Å². The molecule has 468 valence electrons. The van der Waals surface area contributed by atoms with Gasteiger partial charge in [-0.1, -0.05) is 66.4 Å². The molecule has 0 saturated heterocycles. The van der Waals surface area contributed by atoms with E-state index in [0.29, 0.717) is 54.8 Å². The Labute approximate surface area is 519 Å². The van der Waals surface area contributed by atoms with E-state index in [0.717, 1.165) is 59.3 Å². The number of hydrogen-bond donors (Lipinski definition) is 6. The van der Waals surface area contributed by atoms with Crippen LogP contribution in [0.1, 0.15) is 85.3 Å². The number of aliphatic carboxylic acids is 1. The minimum atomic E-state index is -4.10. The summed E-state index contributed by atoms with van der Waals surface area (Å²) in [7, 11) is -2.46. The number of alkyl halides is 3. The summed E-state index contributed by atoms with van der Waals surface area (Å²) in [5.41, 5.74) is 4.82. The van der Waals surface area contributed by atoms with Gasteiger partial charge in [0.05, 0.1) is 60.8 Å². The Morgan fingerprint density at radius 2 is 1.59 bits per heavy atom. The van der Waals surface area contributed by atoms with Gasteiger partial charge in [0.15, 0.2) is 17.3 Å². The lowest BCUT2D eigenvalue weighted by Crippen LogP contribution is -2.47. The van der Waals surface area contributed by atoms with Gasteiger partial charge in [0.2, 0.25) is 23.1 Å². The summed E-state index contributed by atoms with van der Waals surface area (Å²) in [5.74, 6) is 0.495. The average molecular weight is 1300 g/mol. The summed E-state index contributed by atoms with van der Waals surface area (Å²) in [4.78, 5) is 104. The molecule has 23 nitrogen and oxygen atoms in total. The van der Waals surface area contributed by atoms with Gasteiger partial charge < -0.3 is 49.5 Å². The Bertz CT molecular complexity index is 3170. The van der Waals surface area contributed by atoms with E-state index in [-0.39, 0.29) is 76.8 Å². The number of imide groups is 1. The van der Waals surface area contributed by atoms with Crippen LogP contribution < -0.4 is 45.0 Å². The molecule has 3 aliphatic heterocycles. The van der Waals surface area contributed by atoms with Gasteiger partial charge in [-0.3, -0.25) is 43.5 Å². The van der Waals surface area contributed by atoms with E-state index >= 15 is 0 Å². The standard InChI is InChI=1S/C19H15FN2O4.C15H22ClNO2.C11H11Cl2NO2.C9H16ClN5.C3H8NO5P/c1-2-7-21-15-9-14(13(20)8-16(15)26-10-17(21)23)22-18(24)11-5-3-4-6-12(11)19(22)25;1-5-13-8-6-7-11(2)15(13)17(14(18)9-16)12(3)10-19-4;1-7-6-16-9-5-3-2-4-8(9)14(7)11(15)10(12)13;1-5-11-7-12-6(10)13-8(14-7)15-9(2,3)4;5-3(6)1-4-2-10(7,8)9/h1,8-9H,3-7,10H2;6-8,12H,5,9-10H2,1-4H3;2-5,7,10H,6H2,1H3;5H2,1-4H3,(H2,11,12,13,14,15);4H,1-2H2,(H,5,6)(H2,7,8,9). The zero-order valence-corrected chi connectivity index (χ0v) is 53.0. The summed E-state index contributed by atoms with van der Waals surface area (Å²) in [6.45, 7) is 17.0. The van der Waals surface area contributed by atoms with Gasteiger partial charge in [-0.2, -0.15) is 15.0 Å². The van der Waals surface area contributed by atoms with Crippen LogP contribution in [-0.4, -0.2) is 147 Å². The zero-order chi connectivity index (χ0) is 64.2. The lowest BCUT2D eigenvalue weighted by atomic mass is 9.93. The Morgan fingerprint density at radius 3 is 2.15 bits per heavy atom. The van der Waals surface area contributed by atoms with Gasteiger partial charge in [0, 0.05) is 36.4 Å². The molecule has 8 rings (SSSR count). The van der Waals surface area contributed by atoms with Gasteiger partial charge in [-0.15, -0.1) is 18.0 Å². The summed E-state index contributed by atoms with van der Waals surface area (Å²) in [6, 6.07) is 15.7. The number of benzene rings is 3. The lowest BCUT2D eigenvalue weighted by molar-refractivity contribution is -0.136. The first-order valence-corrected chi connectivity index (χ1v) is 30.6. The summed E-state index contributed by atoms with van der Waals surface area (Å²) >= 11 is 22.8. The number of carboxylic acids is 1. The molecule has 29 heteroatoms. The van der Waals surface area contributed by atoms with Crippen molar-refractivity contribution in [3.63, 3.8) is 0 Å². The molecule has 86 heavy (non-hydrogen) atoms. The molecule has 1 aromatic heterocycles. The zero-order valence-electron chi connectivity index (χ0n) is 49.1. The second-order valence-corrected chi connectivity index (χ2v) is 23.8. The first kappa shape index (κ1) is 71.8. The third-order valence-corrected chi connectivity index (χ3v) is 13.9. The van der Waals surface area contributed by atoms with Crippen molar-refractivity contribution in [3.8, 4) is 23.8 Å². The van der Waals surface area contributed by atoms with Crippen LogP contribution in [0.15, 0.2) is 65.7 Å². The molecule has 0 spiro atoms. The quantitative estimate of drug-likeness (QED) is 0.0265. The Balaban J connectivity index is 0.000000238. The monoisotopic (exact) mass is 1290 g/mol. The molecule has 2 unspecified atom stereocenters. The minimum absolute atomic E-state index is 0.0170. The number of para-hydroxylation sites is 3. The molecular formula is C57H72Cl4FN10O13P. The van der Waals surface area contributed by atoms with Crippen molar-refractivity contribution in [2.24, 2.45) is 0 Å². The number of fused-ring (bicyclic) bond motifs is 2. The molecule has 1 aliphatic carbocycles. The third kappa shape index (κ3) is 20.5. The van der Waals surface area contributed by atoms with Crippen LogP contribution in [0.3, 0.4) is 0 Å². The number of methoxy groups -OCH3 is 1. The predicted molar refractivity (Wildman–Crippen MR) is 330 cm³/mol. The lowest BCUT2D eigenvalue weighted by Gasteiger charge is -2.35. The maximum atomic E-state index is 14.7. The molecule has 4 heterocycles. The number of nitrogens with zero attached hydrogens (tertiary/aromatic N) is 7. The van der Waals surface area contributed by atoms with Gasteiger partial charge in [0.25, 0.3) is 23.6 Å². The van der Waals surface area contributed by atoms with E-state index in [1.54, 1.807) is 16.9 Å². The first-order valence-electron chi connectivity index (χ1n) is 27.0. The van der Waals surface area contributed by atoms with Crippen molar-refractivity contribution in [1.29, 1.82) is 0 Å². The molecule has 0 radical (unpaired) electrons. The Morgan fingerprint density at radius 1 is 0.953 bits per heavy atom. The van der Waals surface area contributed by atoms with Crippen molar-refractivity contribution in [2.45, 2.75) is 110 Å². The number of ether oxygens (including phenoxy) is 3. The number of carbonyl (C=O) groups excluding carboxylic acids is 5. The molecule has 2 atom stereocenters. The van der Waals surface area contributed by atoms with Crippen molar-refractivity contribution in [2.75, 3.05) is 89.0 Å². The van der Waals surface area contributed by atoms with Gasteiger partial charge >= 0.3 is 13.6 Å². The molecule has 0 saturated carbocycles. The van der Waals surface area contributed by atoms with E-state index in [1.165, 1.54) is 11.0 Å². The van der Waals surface area contributed by atoms with E-state index in [4.69, 9.17) is 81.9 Å². The predicted octanol–water partition coefficient (Wildman–Crippen LogP) is 8.66. The van der Waals surface area contributed by atoms with Gasteiger partial charge in [-0.25, -0.2) is 9.29 Å². The number of aryl methyl sites for hydroxylation is 2. The highest BCUT2D eigenvalue weighted by molar-refractivity contribution is 7.51. The van der Waals surface area contributed by atoms with E-state index in [2.05, 4.69) is 49.8 Å². The fraction of sp³-hybridized carbons (Fsp3) is 0.456. The number of carboxylic acid groups (broad SMARTS) is 1. The van der Waals surface area contributed by atoms with Crippen molar-refractivity contribution >= 4 is 124 Å². The largest absolute Gasteiger partial charge is 0.489 e. The molecule has 6 N–H and O–H groups in total. The van der Waals surface area contributed by atoms with E-state index in [1.807, 2.05) is 84.9 Å². The number of nitrogens with one attached hydrogen (secondary N) is 3. The summed E-state index contributed by atoms with van der Waals surface area (Å²) in [6.07, 6.45) is 8.29. The Kier molecular flexibility index (Phi) is 28.0. The molecule has 0 fully saturated rings. The minimum Gasteiger partial charge on any atom is -0.489 e. The fourth-order valence-electron chi connectivity index (χ4n) is 8.95. The van der Waals surface area contributed by atoms with Gasteiger partial charge in [-0.05, 0) is 121 Å². The molecule has 5 amide bonds. The highest BCUT2D eigenvalue weighted by Crippen LogP contribution is 2.42. The van der Waals surface area contributed by atoms with Crippen LogP contribution >= 0.6 is 54.0 Å². The maximum absolute atomic E-state index is 14.7. The second-order valence-electron chi connectivity index (χ2n) is 20.4. The SMILES string of the molecule is C#CCN1C(=O)COc2cc(F)c(N3C(=O)C4=C(CCCC4)C3=O)cc21.CC1COc2ccccc2N1C(=O)C(Cl)Cl.CCNc1nc(Cl)nc(NC(C)(C)C)n1.CCc1cccc(C)c1N(C(=O)CCl)C(C)COC.O=C(O)CNCP(=O)(O)O. The number of terminal acetylenes is 1. The summed E-state index contributed by atoms with van der Waals surface area (Å²) < 4.78 is 40.7. The second kappa shape index (κ2) is 33.5. The highest BCUT2D eigenvalue weighted by atomic mass is 35.5. The number of aromatic nitrogens is 3. The van der Waals surface area contributed by atoms with E-state index in [9.17, 15) is 37.7 Å². The summed E-state index contributed by atoms with van der Waals surface area (Å²) in [5, 5.41) is 16.4. The van der Waals surface area contributed by atoms with Crippen LogP contribution in [0.4, 0.5) is 39.0 Å². The maximum Gasteiger partial charge on any atom is 0.339 e. The van der Waals surface area contributed by atoms with Crippen LogP contribution in [0.2, 0.25) is 5.28 Å². The molecular weight excluding hydrogens is 1220 g/mol. The number of carbonyl (C=O) groups is 6. The molecule has 4 aliphatic rings. The number of halogens is 5. The topological polar surface area (TPSA) is 296 Å². The van der Waals surface area contributed by atoms with Crippen LogP contribution in [0.25, 0.3) is 0 Å². The van der Waals surface area contributed by atoms with Crippen molar-refractivity contribution in [3.05, 3.63) is 88.0 Å². The van der Waals surface area contributed by atoms with Gasteiger partial charge in [0.1, 0.15) is 24.0 Å². The number of amides is 5. The smallest absolute Gasteiger partial charge is 0.339 e. The number of anilines is 6. The highest BCUT2D eigenvalue weighted by Gasteiger charge is 2.42. The van der Waals surface area contributed by atoms with Crippen LogP contribution in [0, 0.1) is 25.1 Å². The molecule has 0 bridgehead atoms. The molecule has 4 aromatic rings. The fourth-order valence-corrected chi connectivity index (χ4v) is 9.86. The van der Waals surface area contributed by atoms with E-state index < -0.39 is 48.9 Å². The normalized spacial score (nSPS) is 15.4. The van der Waals surface area contributed by atoms with Crippen LogP contribution in [-0.2, 0) is 44.5 Å². The van der Waals surface area contributed by atoms with Crippen LogP contribution in [0.5, 0.6) is 11.5 Å². The number of hydrogen-bond acceptors (Lipinski definition) is 16. The molecule has 3 aromatic carbocycles.